The van der Waals surface area contributed by atoms with Crippen LogP contribution >= 0.6 is 0 Å². The van der Waals surface area contributed by atoms with Crippen LogP contribution in [0.2, 0.25) is 0 Å². The molecule has 1 heterocycles. The van der Waals surface area contributed by atoms with Gasteiger partial charge in [0.2, 0.25) is 0 Å². The predicted molar refractivity (Wildman–Crippen MR) is 77.5 cm³/mol. The van der Waals surface area contributed by atoms with Crippen LogP contribution in [0.25, 0.3) is 10.9 Å². The van der Waals surface area contributed by atoms with Crippen molar-refractivity contribution in [2.45, 2.75) is 32.4 Å². The summed E-state index contributed by atoms with van der Waals surface area (Å²) >= 11 is 0. The van der Waals surface area contributed by atoms with E-state index in [4.69, 9.17) is 10.6 Å². The number of nitrogens with two attached hydrogens (primary N) is 1. The minimum absolute atomic E-state index is 0.0490. The number of hydrogen-bond acceptors (Lipinski definition) is 4. The van der Waals surface area contributed by atoms with Gasteiger partial charge in [0.25, 0.3) is 0 Å². The Hall–Kier alpha value is -1.49. The van der Waals surface area contributed by atoms with E-state index in [1.54, 1.807) is 6.20 Å². The first-order valence-electron chi connectivity index (χ1n) is 6.45. The van der Waals surface area contributed by atoms with Crippen LogP contribution in [0.15, 0.2) is 36.5 Å². The van der Waals surface area contributed by atoms with Crippen molar-refractivity contribution in [3.63, 3.8) is 0 Å². The number of nitrogens with zero attached hydrogens (tertiary/aromatic N) is 1. The summed E-state index contributed by atoms with van der Waals surface area (Å²) in [6, 6.07) is 9.99. The zero-order valence-electron chi connectivity index (χ0n) is 11.7. The molecule has 1 unspecified atom stereocenters. The molecule has 0 amide bonds. The van der Waals surface area contributed by atoms with E-state index in [1.165, 1.54) is 0 Å². The molecule has 4 heteroatoms. The fraction of sp³-hybridized carbons (Fsp3) is 0.400. The third-order valence-corrected chi connectivity index (χ3v) is 2.94. The smallest absolute Gasteiger partial charge is 0.0705 e. The quantitative estimate of drug-likeness (QED) is 0.654. The largest absolute Gasteiger partial charge is 0.374 e. The van der Waals surface area contributed by atoms with E-state index in [2.05, 4.69) is 22.5 Å². The second-order valence-electron chi connectivity index (χ2n) is 5.56. The molecule has 1 atom stereocenters. The molecular weight excluding hydrogens is 238 g/mol. The zero-order chi connectivity index (χ0) is 13.9. The summed E-state index contributed by atoms with van der Waals surface area (Å²) in [5.74, 6) is 5.67. The molecule has 0 spiro atoms. The lowest BCUT2D eigenvalue weighted by Gasteiger charge is -2.25. The number of pyridine rings is 1. The minimum atomic E-state index is -0.183. The van der Waals surface area contributed by atoms with Crippen molar-refractivity contribution >= 4 is 10.9 Å². The average molecular weight is 259 g/mol. The Morgan fingerprint density at radius 3 is 2.74 bits per heavy atom. The maximum atomic E-state index is 5.82. The van der Waals surface area contributed by atoms with Crippen molar-refractivity contribution in [3.05, 3.63) is 42.1 Å². The van der Waals surface area contributed by atoms with E-state index in [0.717, 1.165) is 16.5 Å². The lowest BCUT2D eigenvalue weighted by atomic mass is 10.0. The summed E-state index contributed by atoms with van der Waals surface area (Å²) < 4.78 is 5.82. The summed E-state index contributed by atoms with van der Waals surface area (Å²) in [4.78, 5) is 4.36. The molecule has 1 aromatic heterocycles. The maximum Gasteiger partial charge on any atom is 0.0705 e. The summed E-state index contributed by atoms with van der Waals surface area (Å²) in [6.45, 7) is 6.62. The van der Waals surface area contributed by atoms with Crippen molar-refractivity contribution < 1.29 is 4.74 Å². The second-order valence-corrected chi connectivity index (χ2v) is 5.56. The minimum Gasteiger partial charge on any atom is -0.374 e. The van der Waals surface area contributed by atoms with Gasteiger partial charge in [0.15, 0.2) is 0 Å². The van der Waals surface area contributed by atoms with Gasteiger partial charge in [-0.25, -0.2) is 0 Å². The summed E-state index contributed by atoms with van der Waals surface area (Å²) in [5, 5.41) is 1.10. The van der Waals surface area contributed by atoms with Crippen molar-refractivity contribution in [1.29, 1.82) is 0 Å². The molecule has 0 radical (unpaired) electrons. The molecule has 0 aliphatic heterocycles. The van der Waals surface area contributed by atoms with Crippen molar-refractivity contribution in [3.8, 4) is 0 Å². The Balaban J connectivity index is 2.30. The van der Waals surface area contributed by atoms with Gasteiger partial charge in [0, 0.05) is 11.6 Å². The molecule has 19 heavy (non-hydrogen) atoms. The molecule has 0 aliphatic carbocycles. The van der Waals surface area contributed by atoms with E-state index in [0.29, 0.717) is 6.61 Å². The van der Waals surface area contributed by atoms with Crippen molar-refractivity contribution in [1.82, 2.24) is 10.4 Å². The number of hydrazine groups is 1. The van der Waals surface area contributed by atoms with Gasteiger partial charge in [-0.3, -0.25) is 16.3 Å². The number of hydrogen-bond donors (Lipinski definition) is 2. The Bertz CT molecular complexity index is 543. The maximum absolute atomic E-state index is 5.82. The molecule has 3 N–H and O–H groups in total. The van der Waals surface area contributed by atoms with Crippen LogP contribution in [-0.2, 0) is 4.74 Å². The van der Waals surface area contributed by atoms with Crippen LogP contribution in [-0.4, -0.2) is 17.2 Å². The van der Waals surface area contributed by atoms with Crippen LogP contribution in [0.5, 0.6) is 0 Å². The van der Waals surface area contributed by atoms with Crippen molar-refractivity contribution in [2.24, 2.45) is 5.84 Å². The van der Waals surface area contributed by atoms with Crippen LogP contribution in [0.4, 0.5) is 0 Å². The zero-order valence-corrected chi connectivity index (χ0v) is 11.7. The van der Waals surface area contributed by atoms with E-state index in [1.807, 2.05) is 39.0 Å². The number of fused-ring (bicyclic) bond motifs is 1. The first-order valence-corrected chi connectivity index (χ1v) is 6.45. The van der Waals surface area contributed by atoms with Gasteiger partial charge in [0.1, 0.15) is 0 Å². The topological polar surface area (TPSA) is 60.2 Å². The van der Waals surface area contributed by atoms with Crippen LogP contribution in [0.3, 0.4) is 0 Å². The monoisotopic (exact) mass is 259 g/mol. The van der Waals surface area contributed by atoms with E-state index >= 15 is 0 Å². The lowest BCUT2D eigenvalue weighted by Crippen LogP contribution is -2.34. The van der Waals surface area contributed by atoms with Crippen molar-refractivity contribution in [2.75, 3.05) is 6.61 Å². The number of rotatable bonds is 4. The normalized spacial score (nSPS) is 13.7. The van der Waals surface area contributed by atoms with Gasteiger partial charge < -0.3 is 4.74 Å². The highest BCUT2D eigenvalue weighted by Gasteiger charge is 2.17. The molecule has 0 aliphatic rings. The average Bonchev–Trinajstić information content (AvgIpc) is 2.38. The molecular formula is C15H21N3O. The van der Waals surface area contributed by atoms with Gasteiger partial charge in [-0.1, -0.05) is 18.2 Å². The number of nitrogens with one attached hydrogen (secondary N) is 1. The highest BCUT2D eigenvalue weighted by molar-refractivity contribution is 5.82. The number of benzene rings is 1. The standard InChI is InChI=1S/C15H21N3O/c1-15(2,3)19-10-14(18-16)12-6-4-8-13-11(12)7-5-9-17-13/h4-9,14,18H,10,16H2,1-3H3. The van der Waals surface area contributed by atoms with Gasteiger partial charge in [-0.05, 0) is 38.5 Å². The SMILES string of the molecule is CC(C)(C)OCC(NN)c1cccc2ncccc12. The summed E-state index contributed by atoms with van der Waals surface area (Å²) in [6.07, 6.45) is 1.79. The van der Waals surface area contributed by atoms with E-state index < -0.39 is 0 Å². The Morgan fingerprint density at radius 2 is 2.05 bits per heavy atom. The van der Waals surface area contributed by atoms with Gasteiger partial charge >= 0.3 is 0 Å². The highest BCUT2D eigenvalue weighted by Crippen LogP contribution is 2.24. The van der Waals surface area contributed by atoms with Gasteiger partial charge in [0.05, 0.1) is 23.8 Å². The molecule has 4 nitrogen and oxygen atoms in total. The van der Waals surface area contributed by atoms with Gasteiger partial charge in [-0.15, -0.1) is 0 Å². The second kappa shape index (κ2) is 5.65. The summed E-state index contributed by atoms with van der Waals surface area (Å²) in [5.41, 5.74) is 4.72. The molecule has 102 valence electrons. The van der Waals surface area contributed by atoms with Crippen LogP contribution in [0, 0.1) is 0 Å². The molecule has 0 saturated carbocycles. The fourth-order valence-corrected chi connectivity index (χ4v) is 1.99. The molecule has 2 aromatic rings. The Morgan fingerprint density at radius 1 is 1.26 bits per heavy atom. The number of ether oxygens (including phenoxy) is 1. The van der Waals surface area contributed by atoms with E-state index in [9.17, 15) is 0 Å². The molecule has 1 aromatic carbocycles. The molecule has 0 fully saturated rings. The molecule has 0 bridgehead atoms. The Labute approximate surface area is 113 Å². The third kappa shape index (κ3) is 3.50. The predicted octanol–water partition coefficient (Wildman–Crippen LogP) is 2.55. The van der Waals surface area contributed by atoms with E-state index in [-0.39, 0.29) is 11.6 Å². The number of aromatic nitrogens is 1. The van der Waals surface area contributed by atoms with Gasteiger partial charge in [-0.2, -0.15) is 0 Å². The lowest BCUT2D eigenvalue weighted by molar-refractivity contribution is -0.0146. The Kier molecular flexibility index (Phi) is 4.14. The third-order valence-electron chi connectivity index (χ3n) is 2.94. The first-order chi connectivity index (χ1) is 9.01. The molecule has 0 saturated heterocycles. The fourth-order valence-electron chi connectivity index (χ4n) is 1.99. The summed E-state index contributed by atoms with van der Waals surface area (Å²) in [7, 11) is 0. The first kappa shape index (κ1) is 13.9. The molecule has 2 rings (SSSR count). The highest BCUT2D eigenvalue weighted by atomic mass is 16.5. The van der Waals surface area contributed by atoms with Crippen LogP contribution < -0.4 is 11.3 Å². The van der Waals surface area contributed by atoms with Crippen LogP contribution in [0.1, 0.15) is 32.4 Å².